The smallest absolute Gasteiger partial charge is 0.209 e. The third kappa shape index (κ3) is 3.44. The summed E-state index contributed by atoms with van der Waals surface area (Å²) in [4.78, 5) is 19.5. The Balaban J connectivity index is 1.66. The number of hydrogen-bond donors (Lipinski definition) is 0. The van der Waals surface area contributed by atoms with Gasteiger partial charge in [-0.05, 0) is 12.1 Å². The van der Waals surface area contributed by atoms with Crippen molar-refractivity contribution >= 4 is 12.1 Å². The maximum absolute atomic E-state index is 11.0. The summed E-state index contributed by atoms with van der Waals surface area (Å²) in [7, 11) is 0. The van der Waals surface area contributed by atoms with Crippen molar-refractivity contribution in [2.24, 2.45) is 0 Å². The Hall–Kier alpha value is -3.15. The average molecular weight is 347 g/mol. The molecule has 0 spiro atoms. The molecule has 2 aromatic heterocycles. The van der Waals surface area contributed by atoms with Gasteiger partial charge in [0.1, 0.15) is 5.69 Å². The van der Waals surface area contributed by atoms with E-state index in [2.05, 4.69) is 28.2 Å². The summed E-state index contributed by atoms with van der Waals surface area (Å²) in [5.41, 5.74) is 4.16. The summed E-state index contributed by atoms with van der Waals surface area (Å²) in [5, 5.41) is 4.84. The molecule has 1 aromatic carbocycles. The van der Waals surface area contributed by atoms with Gasteiger partial charge in [0.15, 0.2) is 0 Å². The highest BCUT2D eigenvalue weighted by Crippen LogP contribution is 2.30. The zero-order valence-electron chi connectivity index (χ0n) is 14.5. The first-order chi connectivity index (χ1) is 12.8. The normalized spacial score (nSPS) is 14.5. The maximum atomic E-state index is 11.0. The van der Waals surface area contributed by atoms with Crippen LogP contribution in [-0.4, -0.2) is 52.3 Å². The van der Waals surface area contributed by atoms with Crippen LogP contribution in [0.1, 0.15) is 5.69 Å². The molecule has 1 amide bonds. The van der Waals surface area contributed by atoms with Gasteiger partial charge in [-0.1, -0.05) is 36.4 Å². The monoisotopic (exact) mass is 347 g/mol. The first kappa shape index (κ1) is 16.3. The molecule has 0 N–H and O–H groups in total. The number of aromatic nitrogens is 3. The van der Waals surface area contributed by atoms with Crippen LogP contribution in [0.25, 0.3) is 11.3 Å². The van der Waals surface area contributed by atoms with Crippen LogP contribution in [0.15, 0.2) is 60.9 Å². The number of anilines is 1. The summed E-state index contributed by atoms with van der Waals surface area (Å²) < 4.78 is 1.95. The van der Waals surface area contributed by atoms with Crippen molar-refractivity contribution in [2.75, 3.05) is 31.1 Å². The van der Waals surface area contributed by atoms with Gasteiger partial charge in [-0.2, -0.15) is 5.10 Å². The number of nitrogens with zero attached hydrogens (tertiary/aromatic N) is 5. The first-order valence-corrected chi connectivity index (χ1v) is 8.80. The van der Waals surface area contributed by atoms with Gasteiger partial charge >= 0.3 is 0 Å². The number of hydrogen-bond acceptors (Lipinski definition) is 4. The van der Waals surface area contributed by atoms with E-state index in [1.165, 1.54) is 0 Å². The molecule has 0 unspecified atom stereocenters. The molecule has 1 aliphatic heterocycles. The minimum atomic E-state index is 0.634. The fourth-order valence-electron chi connectivity index (χ4n) is 3.25. The predicted molar refractivity (Wildman–Crippen MR) is 101 cm³/mol. The van der Waals surface area contributed by atoms with Gasteiger partial charge in [0, 0.05) is 44.1 Å². The lowest BCUT2D eigenvalue weighted by molar-refractivity contribution is -0.118. The number of carbonyl (C=O) groups is 1. The van der Waals surface area contributed by atoms with Crippen molar-refractivity contribution in [1.29, 1.82) is 0 Å². The number of rotatable bonds is 5. The molecular weight excluding hydrogens is 326 g/mol. The van der Waals surface area contributed by atoms with Crippen LogP contribution in [-0.2, 0) is 11.3 Å². The maximum Gasteiger partial charge on any atom is 0.209 e. The van der Waals surface area contributed by atoms with E-state index in [4.69, 9.17) is 5.10 Å². The molecule has 1 saturated heterocycles. The second-order valence-corrected chi connectivity index (χ2v) is 6.38. The molecule has 3 aromatic rings. The van der Waals surface area contributed by atoms with Crippen molar-refractivity contribution in [3.8, 4) is 11.3 Å². The summed E-state index contributed by atoms with van der Waals surface area (Å²) in [5.74, 6) is 0. The Morgan fingerprint density at radius 1 is 0.962 bits per heavy atom. The molecule has 0 radical (unpaired) electrons. The molecular formula is C20H21N5O. The first-order valence-electron chi connectivity index (χ1n) is 8.80. The van der Waals surface area contributed by atoms with Gasteiger partial charge in [-0.25, -0.2) is 0 Å². The molecule has 0 aliphatic carbocycles. The molecule has 6 nitrogen and oxygen atoms in total. The Labute approximate surface area is 152 Å². The minimum Gasteiger partial charge on any atom is -0.365 e. The Bertz CT molecular complexity index is 854. The van der Waals surface area contributed by atoms with Gasteiger partial charge < -0.3 is 9.80 Å². The number of pyridine rings is 1. The molecule has 4 rings (SSSR count). The van der Waals surface area contributed by atoms with Crippen molar-refractivity contribution in [1.82, 2.24) is 19.7 Å². The fourth-order valence-corrected chi connectivity index (χ4v) is 3.25. The molecule has 132 valence electrons. The largest absolute Gasteiger partial charge is 0.365 e. The van der Waals surface area contributed by atoms with E-state index in [1.54, 1.807) is 6.20 Å². The molecule has 0 saturated carbocycles. The highest BCUT2D eigenvalue weighted by Gasteiger charge is 2.21. The Morgan fingerprint density at radius 2 is 1.73 bits per heavy atom. The topological polar surface area (TPSA) is 54.3 Å². The second kappa shape index (κ2) is 7.39. The van der Waals surface area contributed by atoms with E-state index < -0.39 is 0 Å². The molecule has 1 aliphatic rings. The number of piperazine rings is 1. The van der Waals surface area contributed by atoms with Gasteiger partial charge in [0.05, 0.1) is 17.9 Å². The highest BCUT2D eigenvalue weighted by atomic mass is 16.1. The van der Waals surface area contributed by atoms with Crippen molar-refractivity contribution in [3.63, 3.8) is 0 Å². The lowest BCUT2D eigenvalue weighted by atomic mass is 10.1. The van der Waals surface area contributed by atoms with Crippen LogP contribution in [0.4, 0.5) is 5.69 Å². The van der Waals surface area contributed by atoms with Gasteiger partial charge in [-0.3, -0.25) is 14.5 Å². The van der Waals surface area contributed by atoms with Gasteiger partial charge in [-0.15, -0.1) is 0 Å². The van der Waals surface area contributed by atoms with Crippen LogP contribution in [0.5, 0.6) is 0 Å². The quantitative estimate of drug-likeness (QED) is 0.665. The van der Waals surface area contributed by atoms with Gasteiger partial charge in [0.2, 0.25) is 6.41 Å². The lowest BCUT2D eigenvalue weighted by Gasteiger charge is -2.33. The summed E-state index contributed by atoms with van der Waals surface area (Å²) in [6.07, 6.45) is 4.82. The lowest BCUT2D eigenvalue weighted by Crippen LogP contribution is -2.45. The van der Waals surface area contributed by atoms with E-state index in [-0.39, 0.29) is 0 Å². The standard InChI is InChI=1S/C20H21N5O/c26-16-23-10-12-24(13-11-23)19-15-25(14-18-8-4-5-9-21-18)22-20(19)17-6-2-1-3-7-17/h1-9,15-16H,10-14H2. The Kier molecular flexibility index (Phi) is 4.64. The third-order valence-electron chi connectivity index (χ3n) is 4.64. The summed E-state index contributed by atoms with van der Waals surface area (Å²) >= 11 is 0. The average Bonchev–Trinajstić information content (AvgIpc) is 3.13. The zero-order chi connectivity index (χ0) is 17.8. The van der Waals surface area contributed by atoms with E-state index in [0.717, 1.165) is 55.2 Å². The molecule has 0 bridgehead atoms. The summed E-state index contributed by atoms with van der Waals surface area (Å²) in [6.45, 7) is 3.74. The number of amides is 1. The van der Waals surface area contributed by atoms with Crippen LogP contribution in [0.3, 0.4) is 0 Å². The second-order valence-electron chi connectivity index (χ2n) is 6.38. The van der Waals surface area contributed by atoms with E-state index in [0.29, 0.717) is 6.54 Å². The summed E-state index contributed by atoms with van der Waals surface area (Å²) in [6, 6.07) is 16.1. The van der Waals surface area contributed by atoms with E-state index in [9.17, 15) is 4.79 Å². The van der Waals surface area contributed by atoms with Crippen molar-refractivity contribution in [2.45, 2.75) is 6.54 Å². The number of benzene rings is 1. The van der Waals surface area contributed by atoms with Crippen LogP contribution >= 0.6 is 0 Å². The molecule has 3 heterocycles. The Morgan fingerprint density at radius 3 is 2.42 bits per heavy atom. The zero-order valence-corrected chi connectivity index (χ0v) is 14.5. The fraction of sp³-hybridized carbons (Fsp3) is 0.250. The highest BCUT2D eigenvalue weighted by molar-refractivity contribution is 5.75. The van der Waals surface area contributed by atoms with Crippen LogP contribution < -0.4 is 4.90 Å². The van der Waals surface area contributed by atoms with E-state index in [1.807, 2.05) is 46.0 Å². The molecule has 0 atom stereocenters. The predicted octanol–water partition coefficient (Wildman–Crippen LogP) is 2.27. The molecule has 26 heavy (non-hydrogen) atoms. The van der Waals surface area contributed by atoms with Crippen LogP contribution in [0.2, 0.25) is 0 Å². The third-order valence-corrected chi connectivity index (χ3v) is 4.64. The van der Waals surface area contributed by atoms with Crippen molar-refractivity contribution in [3.05, 3.63) is 66.6 Å². The minimum absolute atomic E-state index is 0.634. The van der Waals surface area contributed by atoms with Crippen molar-refractivity contribution < 1.29 is 4.79 Å². The van der Waals surface area contributed by atoms with E-state index >= 15 is 0 Å². The SMILES string of the molecule is O=CN1CCN(c2cn(Cc3ccccn3)nc2-c2ccccc2)CC1. The van der Waals surface area contributed by atoms with Crippen LogP contribution in [0, 0.1) is 0 Å². The molecule has 1 fully saturated rings. The van der Waals surface area contributed by atoms with Gasteiger partial charge in [0.25, 0.3) is 0 Å². The molecule has 6 heteroatoms. The number of carbonyl (C=O) groups excluding carboxylic acids is 1.